The van der Waals surface area contributed by atoms with Crippen molar-refractivity contribution in [1.29, 1.82) is 0 Å². The first kappa shape index (κ1) is 10.8. The van der Waals surface area contributed by atoms with Crippen LogP contribution in [0.1, 0.15) is 0 Å². The molecule has 0 radical (unpaired) electrons. The normalized spacial score (nSPS) is 47.3. The lowest BCUT2D eigenvalue weighted by Crippen LogP contribution is -2.48. The molecule has 1 aliphatic rings. The van der Waals surface area contributed by atoms with E-state index in [-0.39, 0.29) is 13.2 Å². The van der Waals surface area contributed by atoms with Crippen molar-refractivity contribution < 1.29 is 25.5 Å². The number of hydrogen-bond acceptors (Lipinski definition) is 6. The van der Waals surface area contributed by atoms with Crippen molar-refractivity contribution in [2.45, 2.75) is 30.5 Å². The summed E-state index contributed by atoms with van der Waals surface area (Å²) in [4.78, 5) is 0. The Kier molecular flexibility index (Phi) is 3.60. The fourth-order valence-electron chi connectivity index (χ4n) is 1.35. The van der Waals surface area contributed by atoms with Gasteiger partial charge in [-0.05, 0) is 0 Å². The van der Waals surface area contributed by atoms with Crippen LogP contribution in [0.2, 0.25) is 0 Å². The second kappa shape index (κ2) is 4.32. The largest absolute Gasteiger partial charge is 0.395 e. The molecule has 0 saturated carbocycles. The fourth-order valence-corrected chi connectivity index (χ4v) is 1.35. The van der Waals surface area contributed by atoms with E-state index in [1.165, 1.54) is 0 Å². The SMILES string of the molecule is OC[C@@H]1NC[C@@H](O)[C@@H](O)[C@@H](O)[C@H]1O. The lowest BCUT2D eigenvalue weighted by atomic mass is 10.0. The lowest BCUT2D eigenvalue weighted by Gasteiger charge is -2.24. The zero-order valence-electron chi connectivity index (χ0n) is 7.04. The molecule has 6 heteroatoms. The second-order valence-corrected chi connectivity index (χ2v) is 3.24. The molecule has 0 amide bonds. The third-order valence-corrected chi connectivity index (χ3v) is 2.29. The molecule has 13 heavy (non-hydrogen) atoms. The van der Waals surface area contributed by atoms with Gasteiger partial charge in [-0.3, -0.25) is 0 Å². The summed E-state index contributed by atoms with van der Waals surface area (Å²) in [5.41, 5.74) is 0. The van der Waals surface area contributed by atoms with E-state index < -0.39 is 30.5 Å². The van der Waals surface area contributed by atoms with Gasteiger partial charge in [0.15, 0.2) is 0 Å². The number of β-amino-alcohol motifs (C(OH)–C–C–N with tert-alkyl or cyclic N) is 1. The van der Waals surface area contributed by atoms with Gasteiger partial charge in [-0.25, -0.2) is 0 Å². The van der Waals surface area contributed by atoms with E-state index in [0.29, 0.717) is 0 Å². The van der Waals surface area contributed by atoms with Gasteiger partial charge >= 0.3 is 0 Å². The Labute approximate surface area is 75.4 Å². The van der Waals surface area contributed by atoms with E-state index in [1.54, 1.807) is 0 Å². The number of aliphatic hydroxyl groups is 5. The second-order valence-electron chi connectivity index (χ2n) is 3.24. The maximum Gasteiger partial charge on any atom is 0.110 e. The van der Waals surface area contributed by atoms with E-state index in [4.69, 9.17) is 5.11 Å². The lowest BCUT2D eigenvalue weighted by molar-refractivity contribution is -0.0980. The van der Waals surface area contributed by atoms with Gasteiger partial charge in [0.05, 0.1) is 18.8 Å². The molecular weight excluding hydrogens is 178 g/mol. The molecule has 78 valence electrons. The van der Waals surface area contributed by atoms with Crippen LogP contribution in [0.3, 0.4) is 0 Å². The predicted molar refractivity (Wildman–Crippen MR) is 42.9 cm³/mol. The molecule has 5 atom stereocenters. The molecule has 1 rings (SSSR count). The highest BCUT2D eigenvalue weighted by Crippen LogP contribution is 2.11. The van der Waals surface area contributed by atoms with Gasteiger partial charge < -0.3 is 30.8 Å². The first-order chi connectivity index (χ1) is 6.07. The summed E-state index contributed by atoms with van der Waals surface area (Å²) in [6.45, 7) is -0.335. The molecule has 6 nitrogen and oxygen atoms in total. The van der Waals surface area contributed by atoms with Gasteiger partial charge in [-0.15, -0.1) is 0 Å². The summed E-state index contributed by atoms with van der Waals surface area (Å²) in [7, 11) is 0. The zero-order valence-corrected chi connectivity index (χ0v) is 7.04. The molecule has 1 saturated heterocycles. The first-order valence-corrected chi connectivity index (χ1v) is 4.14. The van der Waals surface area contributed by atoms with Crippen molar-refractivity contribution in [2.75, 3.05) is 13.2 Å². The van der Waals surface area contributed by atoms with Gasteiger partial charge in [0.2, 0.25) is 0 Å². The van der Waals surface area contributed by atoms with Crippen LogP contribution >= 0.6 is 0 Å². The van der Waals surface area contributed by atoms with E-state index >= 15 is 0 Å². The number of aliphatic hydroxyl groups excluding tert-OH is 5. The van der Waals surface area contributed by atoms with Gasteiger partial charge in [0.1, 0.15) is 18.3 Å². The van der Waals surface area contributed by atoms with Gasteiger partial charge in [-0.1, -0.05) is 0 Å². The van der Waals surface area contributed by atoms with E-state index in [2.05, 4.69) is 5.32 Å². The molecule has 0 spiro atoms. The molecule has 1 aliphatic heterocycles. The van der Waals surface area contributed by atoms with Crippen molar-refractivity contribution in [1.82, 2.24) is 5.32 Å². The molecular formula is C7H15NO5. The van der Waals surface area contributed by atoms with Crippen molar-refractivity contribution in [3.63, 3.8) is 0 Å². The standard InChI is InChI=1S/C7H15NO5/c9-2-3-5(11)7(13)6(12)4(10)1-8-3/h3-13H,1-2H2/t3-,4+,5-,6+,7-/m0/s1. The molecule has 0 unspecified atom stereocenters. The Morgan fingerprint density at radius 1 is 1.00 bits per heavy atom. The molecule has 1 fully saturated rings. The number of hydrogen-bond donors (Lipinski definition) is 6. The summed E-state index contributed by atoms with van der Waals surface area (Å²) in [5, 5.41) is 48.5. The Bertz CT molecular complexity index is 165. The van der Waals surface area contributed by atoms with Crippen LogP contribution < -0.4 is 5.32 Å². The Balaban J connectivity index is 2.69. The molecule has 0 aliphatic carbocycles. The highest BCUT2D eigenvalue weighted by Gasteiger charge is 2.37. The van der Waals surface area contributed by atoms with Gasteiger partial charge in [0.25, 0.3) is 0 Å². The monoisotopic (exact) mass is 193 g/mol. The quantitative estimate of drug-likeness (QED) is 0.256. The summed E-state index contributed by atoms with van der Waals surface area (Å²) in [6.07, 6.45) is -5.25. The first-order valence-electron chi connectivity index (χ1n) is 4.14. The summed E-state index contributed by atoms with van der Waals surface area (Å²) >= 11 is 0. The van der Waals surface area contributed by atoms with Crippen LogP contribution in [0.5, 0.6) is 0 Å². The minimum atomic E-state index is -1.44. The van der Waals surface area contributed by atoms with Crippen LogP contribution in [-0.4, -0.2) is 69.1 Å². The number of nitrogens with one attached hydrogen (secondary N) is 1. The summed E-state index contributed by atoms with van der Waals surface area (Å²) in [6, 6.07) is -0.721. The van der Waals surface area contributed by atoms with Crippen molar-refractivity contribution in [3.8, 4) is 0 Å². The molecule has 1 heterocycles. The van der Waals surface area contributed by atoms with Gasteiger partial charge in [0, 0.05) is 6.54 Å². The molecule has 0 aromatic heterocycles. The van der Waals surface area contributed by atoms with E-state index in [9.17, 15) is 20.4 Å². The highest BCUT2D eigenvalue weighted by atomic mass is 16.4. The summed E-state index contributed by atoms with van der Waals surface area (Å²) < 4.78 is 0. The average molecular weight is 193 g/mol. The predicted octanol–water partition coefficient (Wildman–Crippen LogP) is -3.61. The molecule has 0 bridgehead atoms. The maximum atomic E-state index is 9.36. The Morgan fingerprint density at radius 3 is 2.15 bits per heavy atom. The van der Waals surface area contributed by atoms with E-state index in [1.807, 2.05) is 0 Å². The van der Waals surface area contributed by atoms with Crippen LogP contribution in [0, 0.1) is 0 Å². The minimum absolute atomic E-state index is 0.0283. The minimum Gasteiger partial charge on any atom is -0.395 e. The van der Waals surface area contributed by atoms with E-state index in [0.717, 1.165) is 0 Å². The third kappa shape index (κ3) is 2.16. The van der Waals surface area contributed by atoms with Crippen molar-refractivity contribution in [3.05, 3.63) is 0 Å². The van der Waals surface area contributed by atoms with Crippen LogP contribution in [0.15, 0.2) is 0 Å². The highest BCUT2D eigenvalue weighted by molar-refractivity contribution is 4.92. The zero-order chi connectivity index (χ0) is 10.0. The topological polar surface area (TPSA) is 113 Å². The van der Waals surface area contributed by atoms with Crippen LogP contribution in [0.4, 0.5) is 0 Å². The van der Waals surface area contributed by atoms with Crippen LogP contribution in [-0.2, 0) is 0 Å². The van der Waals surface area contributed by atoms with Crippen LogP contribution in [0.25, 0.3) is 0 Å². The number of rotatable bonds is 1. The molecule has 6 N–H and O–H groups in total. The van der Waals surface area contributed by atoms with Crippen molar-refractivity contribution in [2.24, 2.45) is 0 Å². The Morgan fingerprint density at radius 2 is 1.62 bits per heavy atom. The molecule has 0 aromatic rings. The van der Waals surface area contributed by atoms with Crippen molar-refractivity contribution >= 4 is 0 Å². The third-order valence-electron chi connectivity index (χ3n) is 2.29. The molecule has 0 aromatic carbocycles. The maximum absolute atomic E-state index is 9.36. The van der Waals surface area contributed by atoms with Gasteiger partial charge in [-0.2, -0.15) is 0 Å². The fraction of sp³-hybridized carbons (Fsp3) is 1.00. The average Bonchev–Trinajstić information content (AvgIpc) is 2.22. The smallest absolute Gasteiger partial charge is 0.110 e. The Hall–Kier alpha value is -0.240. The summed E-state index contributed by atoms with van der Waals surface area (Å²) in [5.74, 6) is 0.